The van der Waals surface area contributed by atoms with E-state index >= 15 is 0 Å². The van der Waals surface area contributed by atoms with Crippen molar-refractivity contribution in [3.05, 3.63) is 65.2 Å². The van der Waals surface area contributed by atoms with Crippen LogP contribution in [0.2, 0.25) is 0 Å². The standard InChI is InChI=1S/C17H19F2NO/c1-3-20-15(11-12-7-4-5-9-14(12)18)13-8-6-10-16(21-2)17(13)19/h4-10,15,20H,3,11H2,1-2H3. The molecule has 1 unspecified atom stereocenters. The van der Waals surface area contributed by atoms with Crippen LogP contribution in [0.25, 0.3) is 0 Å². The third-order valence-electron chi connectivity index (χ3n) is 3.42. The molecule has 0 aliphatic rings. The van der Waals surface area contributed by atoms with Gasteiger partial charge in [0.05, 0.1) is 7.11 Å². The number of rotatable bonds is 6. The maximum atomic E-state index is 14.4. The number of nitrogens with one attached hydrogen (secondary N) is 1. The average Bonchev–Trinajstić information content (AvgIpc) is 2.49. The van der Waals surface area contributed by atoms with Crippen molar-refractivity contribution in [1.82, 2.24) is 5.32 Å². The fourth-order valence-corrected chi connectivity index (χ4v) is 2.38. The van der Waals surface area contributed by atoms with Crippen molar-refractivity contribution in [1.29, 1.82) is 0 Å². The molecule has 0 saturated heterocycles. The van der Waals surface area contributed by atoms with Gasteiger partial charge in [0.2, 0.25) is 0 Å². The molecular weight excluding hydrogens is 272 g/mol. The summed E-state index contributed by atoms with van der Waals surface area (Å²) in [6.07, 6.45) is 0.380. The van der Waals surface area contributed by atoms with Gasteiger partial charge in [0.15, 0.2) is 11.6 Å². The second-order valence-corrected chi connectivity index (χ2v) is 4.77. The zero-order chi connectivity index (χ0) is 15.2. The second kappa shape index (κ2) is 7.18. The minimum atomic E-state index is -0.401. The van der Waals surface area contributed by atoms with E-state index in [0.29, 0.717) is 24.1 Å². The van der Waals surface area contributed by atoms with Crippen LogP contribution < -0.4 is 10.1 Å². The maximum Gasteiger partial charge on any atom is 0.169 e. The van der Waals surface area contributed by atoms with Gasteiger partial charge < -0.3 is 10.1 Å². The molecule has 1 atom stereocenters. The first-order valence-electron chi connectivity index (χ1n) is 6.96. The molecule has 0 heterocycles. The Balaban J connectivity index is 2.33. The molecule has 112 valence electrons. The first-order chi connectivity index (χ1) is 10.2. The Kier molecular flexibility index (Phi) is 5.28. The van der Waals surface area contributed by atoms with E-state index in [0.717, 1.165) is 0 Å². The predicted octanol–water partition coefficient (Wildman–Crippen LogP) is 3.87. The monoisotopic (exact) mass is 291 g/mol. The van der Waals surface area contributed by atoms with Crippen LogP contribution >= 0.6 is 0 Å². The Labute approximate surface area is 123 Å². The van der Waals surface area contributed by atoms with Gasteiger partial charge in [-0.2, -0.15) is 0 Å². The van der Waals surface area contributed by atoms with Crippen LogP contribution in [-0.2, 0) is 6.42 Å². The van der Waals surface area contributed by atoms with Crippen LogP contribution in [-0.4, -0.2) is 13.7 Å². The van der Waals surface area contributed by atoms with Crippen molar-refractivity contribution in [3.63, 3.8) is 0 Å². The van der Waals surface area contributed by atoms with Crippen molar-refractivity contribution in [2.24, 2.45) is 0 Å². The highest BCUT2D eigenvalue weighted by Crippen LogP contribution is 2.27. The molecule has 0 aliphatic carbocycles. The van der Waals surface area contributed by atoms with Crippen LogP contribution in [0.1, 0.15) is 24.1 Å². The van der Waals surface area contributed by atoms with Crippen molar-refractivity contribution in [2.75, 3.05) is 13.7 Å². The number of ether oxygens (including phenoxy) is 1. The Morgan fingerprint density at radius 1 is 1.10 bits per heavy atom. The summed E-state index contributed by atoms with van der Waals surface area (Å²) in [6, 6.07) is 11.3. The molecule has 2 aromatic carbocycles. The van der Waals surface area contributed by atoms with E-state index in [-0.39, 0.29) is 17.6 Å². The highest BCUT2D eigenvalue weighted by Gasteiger charge is 2.19. The van der Waals surface area contributed by atoms with Crippen LogP contribution in [0.4, 0.5) is 8.78 Å². The van der Waals surface area contributed by atoms with E-state index in [1.807, 2.05) is 6.92 Å². The minimum Gasteiger partial charge on any atom is -0.494 e. The van der Waals surface area contributed by atoms with Crippen LogP contribution in [0.15, 0.2) is 42.5 Å². The largest absolute Gasteiger partial charge is 0.494 e. The second-order valence-electron chi connectivity index (χ2n) is 4.77. The van der Waals surface area contributed by atoms with Gasteiger partial charge in [-0.3, -0.25) is 0 Å². The van der Waals surface area contributed by atoms with E-state index < -0.39 is 5.82 Å². The highest BCUT2D eigenvalue weighted by molar-refractivity contribution is 5.34. The molecule has 0 aromatic heterocycles. The van der Waals surface area contributed by atoms with Crippen molar-refractivity contribution in [3.8, 4) is 5.75 Å². The fourth-order valence-electron chi connectivity index (χ4n) is 2.38. The zero-order valence-electron chi connectivity index (χ0n) is 12.2. The molecule has 1 N–H and O–H groups in total. The Bertz CT molecular complexity index is 601. The van der Waals surface area contributed by atoms with Gasteiger partial charge >= 0.3 is 0 Å². The molecular formula is C17H19F2NO. The van der Waals surface area contributed by atoms with Gasteiger partial charge in [-0.1, -0.05) is 37.3 Å². The number of benzene rings is 2. The van der Waals surface area contributed by atoms with Gasteiger partial charge in [-0.25, -0.2) is 8.78 Å². The normalized spacial score (nSPS) is 12.2. The van der Waals surface area contributed by atoms with Gasteiger partial charge in [0.1, 0.15) is 5.82 Å². The smallest absolute Gasteiger partial charge is 0.169 e. The third-order valence-corrected chi connectivity index (χ3v) is 3.42. The van der Waals surface area contributed by atoms with E-state index in [2.05, 4.69) is 5.32 Å². The Morgan fingerprint density at radius 3 is 2.52 bits per heavy atom. The summed E-state index contributed by atoms with van der Waals surface area (Å²) >= 11 is 0. The maximum absolute atomic E-state index is 14.4. The quantitative estimate of drug-likeness (QED) is 0.872. The molecule has 0 aliphatic heterocycles. The molecule has 2 nitrogen and oxygen atoms in total. The summed E-state index contributed by atoms with van der Waals surface area (Å²) in [5, 5.41) is 3.20. The van der Waals surface area contributed by atoms with Gasteiger partial charge in [-0.05, 0) is 30.7 Å². The SMILES string of the molecule is CCNC(Cc1ccccc1F)c1cccc(OC)c1F. The summed E-state index contributed by atoms with van der Waals surface area (Å²) in [7, 11) is 1.43. The lowest BCUT2D eigenvalue weighted by atomic mass is 9.97. The van der Waals surface area contributed by atoms with E-state index in [1.54, 1.807) is 36.4 Å². The summed E-state index contributed by atoms with van der Waals surface area (Å²) in [5.74, 6) is -0.477. The number of hydrogen-bond acceptors (Lipinski definition) is 2. The lowest BCUT2D eigenvalue weighted by Gasteiger charge is -2.20. The molecule has 2 rings (SSSR count). The van der Waals surface area contributed by atoms with Crippen LogP contribution in [0, 0.1) is 11.6 Å². The summed E-state index contributed by atoms with van der Waals surface area (Å²) in [4.78, 5) is 0. The topological polar surface area (TPSA) is 21.3 Å². The zero-order valence-corrected chi connectivity index (χ0v) is 12.2. The summed E-state index contributed by atoms with van der Waals surface area (Å²) in [5.41, 5.74) is 1.05. The van der Waals surface area contributed by atoms with Gasteiger partial charge in [-0.15, -0.1) is 0 Å². The summed E-state index contributed by atoms with van der Waals surface area (Å²) < 4.78 is 33.2. The molecule has 0 radical (unpaired) electrons. The van der Waals surface area contributed by atoms with Gasteiger partial charge in [0, 0.05) is 11.6 Å². The fraction of sp³-hybridized carbons (Fsp3) is 0.294. The molecule has 0 amide bonds. The molecule has 0 fully saturated rings. The van der Waals surface area contributed by atoms with E-state index in [4.69, 9.17) is 4.74 Å². The molecule has 0 bridgehead atoms. The lowest BCUT2D eigenvalue weighted by molar-refractivity contribution is 0.379. The first kappa shape index (κ1) is 15.4. The van der Waals surface area contributed by atoms with E-state index in [1.165, 1.54) is 13.2 Å². The Morgan fingerprint density at radius 2 is 1.86 bits per heavy atom. The van der Waals surface area contributed by atoms with Crippen LogP contribution in [0.3, 0.4) is 0 Å². The van der Waals surface area contributed by atoms with Crippen LogP contribution in [0.5, 0.6) is 5.75 Å². The Hall–Kier alpha value is -1.94. The van der Waals surface area contributed by atoms with Gasteiger partial charge in [0.25, 0.3) is 0 Å². The molecule has 0 saturated carbocycles. The molecule has 0 spiro atoms. The third kappa shape index (κ3) is 3.58. The average molecular weight is 291 g/mol. The van der Waals surface area contributed by atoms with E-state index in [9.17, 15) is 8.78 Å². The highest BCUT2D eigenvalue weighted by atomic mass is 19.1. The summed E-state index contributed by atoms with van der Waals surface area (Å²) in [6.45, 7) is 2.60. The van der Waals surface area contributed by atoms with Crippen molar-refractivity contribution < 1.29 is 13.5 Å². The molecule has 2 aromatic rings. The predicted molar refractivity (Wildman–Crippen MR) is 79.5 cm³/mol. The minimum absolute atomic E-state index is 0.198. The molecule has 4 heteroatoms. The molecule has 21 heavy (non-hydrogen) atoms. The first-order valence-corrected chi connectivity index (χ1v) is 6.96. The van der Waals surface area contributed by atoms with Crippen molar-refractivity contribution >= 4 is 0 Å². The number of halogens is 2. The van der Waals surface area contributed by atoms with Crippen molar-refractivity contribution in [2.45, 2.75) is 19.4 Å². The number of methoxy groups -OCH3 is 1. The number of likely N-dealkylation sites (N-methyl/N-ethyl adjacent to an activating group) is 1. The lowest BCUT2D eigenvalue weighted by Crippen LogP contribution is -2.24. The number of hydrogen-bond donors (Lipinski definition) is 1.